The van der Waals surface area contributed by atoms with Gasteiger partial charge in [-0.3, -0.25) is 0 Å². The summed E-state index contributed by atoms with van der Waals surface area (Å²) in [5.74, 6) is -0.698. The number of pyridine rings is 1. The average Bonchev–Trinajstić information content (AvgIpc) is 2.15. The zero-order valence-corrected chi connectivity index (χ0v) is 8.15. The van der Waals surface area contributed by atoms with Gasteiger partial charge in [-0.25, -0.2) is 9.78 Å². The van der Waals surface area contributed by atoms with Gasteiger partial charge in [-0.1, -0.05) is 11.6 Å². The standard InChI is InChI=1S/C9H8ClNO3/c1-14-9-7(10)4-6(5-11-9)2-3-8(12)13/h2-5H,1H3,(H,12,13). The molecule has 0 aliphatic heterocycles. The second kappa shape index (κ2) is 4.62. The van der Waals surface area contributed by atoms with Crippen molar-refractivity contribution in [2.45, 2.75) is 0 Å². The van der Waals surface area contributed by atoms with Gasteiger partial charge in [-0.2, -0.15) is 0 Å². The molecule has 0 fully saturated rings. The van der Waals surface area contributed by atoms with Gasteiger partial charge >= 0.3 is 5.97 Å². The Morgan fingerprint density at radius 3 is 2.93 bits per heavy atom. The lowest BCUT2D eigenvalue weighted by atomic mass is 10.2. The highest BCUT2D eigenvalue weighted by atomic mass is 35.5. The van der Waals surface area contributed by atoms with E-state index in [-0.39, 0.29) is 0 Å². The van der Waals surface area contributed by atoms with Gasteiger partial charge in [0.1, 0.15) is 5.02 Å². The molecule has 1 aromatic rings. The van der Waals surface area contributed by atoms with Crippen molar-refractivity contribution in [3.8, 4) is 5.88 Å². The first-order chi connectivity index (χ1) is 6.63. The van der Waals surface area contributed by atoms with Crippen molar-refractivity contribution in [3.63, 3.8) is 0 Å². The number of ether oxygens (including phenoxy) is 1. The highest BCUT2D eigenvalue weighted by Gasteiger charge is 2.01. The van der Waals surface area contributed by atoms with Gasteiger partial charge < -0.3 is 9.84 Å². The summed E-state index contributed by atoms with van der Waals surface area (Å²) in [7, 11) is 1.46. The summed E-state index contributed by atoms with van der Waals surface area (Å²) in [6.45, 7) is 0. The number of rotatable bonds is 3. The van der Waals surface area contributed by atoms with Crippen molar-refractivity contribution >= 4 is 23.6 Å². The van der Waals surface area contributed by atoms with Crippen molar-refractivity contribution < 1.29 is 14.6 Å². The van der Waals surface area contributed by atoms with Crippen LogP contribution >= 0.6 is 11.6 Å². The van der Waals surface area contributed by atoms with Crippen LogP contribution in [-0.2, 0) is 4.79 Å². The minimum absolute atomic E-state index is 0.319. The van der Waals surface area contributed by atoms with Gasteiger partial charge in [0.2, 0.25) is 5.88 Å². The molecule has 0 spiro atoms. The van der Waals surface area contributed by atoms with Crippen LogP contribution in [-0.4, -0.2) is 23.2 Å². The Balaban J connectivity index is 2.91. The van der Waals surface area contributed by atoms with Crippen LogP contribution in [0.3, 0.4) is 0 Å². The van der Waals surface area contributed by atoms with E-state index in [4.69, 9.17) is 21.4 Å². The fraction of sp³-hybridized carbons (Fsp3) is 0.111. The smallest absolute Gasteiger partial charge is 0.328 e. The Kier molecular flexibility index (Phi) is 3.48. The zero-order valence-electron chi connectivity index (χ0n) is 7.40. The molecule has 1 N–H and O–H groups in total. The van der Waals surface area contributed by atoms with Gasteiger partial charge in [-0.05, 0) is 17.7 Å². The first kappa shape index (κ1) is 10.5. The Hall–Kier alpha value is -1.55. The molecule has 0 amide bonds. The molecule has 0 atom stereocenters. The Morgan fingerprint density at radius 2 is 2.43 bits per heavy atom. The third kappa shape index (κ3) is 2.74. The van der Waals surface area contributed by atoms with Gasteiger partial charge in [0.15, 0.2) is 0 Å². The van der Waals surface area contributed by atoms with E-state index < -0.39 is 5.97 Å². The maximum Gasteiger partial charge on any atom is 0.328 e. The molecule has 0 saturated heterocycles. The van der Waals surface area contributed by atoms with Crippen LogP contribution in [0.15, 0.2) is 18.3 Å². The molecule has 0 unspecified atom stereocenters. The predicted octanol–water partition coefficient (Wildman–Crippen LogP) is 1.84. The second-order valence-corrected chi connectivity index (χ2v) is 2.84. The summed E-state index contributed by atoms with van der Waals surface area (Å²) in [5, 5.41) is 8.73. The van der Waals surface area contributed by atoms with Crippen LogP contribution in [0.4, 0.5) is 0 Å². The molecule has 0 aliphatic carbocycles. The molecule has 0 bridgehead atoms. The zero-order chi connectivity index (χ0) is 10.6. The number of hydrogen-bond acceptors (Lipinski definition) is 3. The monoisotopic (exact) mass is 213 g/mol. The van der Waals surface area contributed by atoms with E-state index in [1.165, 1.54) is 19.4 Å². The summed E-state index contributed by atoms with van der Waals surface area (Å²) in [4.78, 5) is 14.1. The van der Waals surface area contributed by atoms with E-state index in [9.17, 15) is 4.79 Å². The van der Waals surface area contributed by atoms with Gasteiger partial charge in [0.05, 0.1) is 7.11 Å². The van der Waals surface area contributed by atoms with Crippen LogP contribution in [0.25, 0.3) is 6.08 Å². The lowest BCUT2D eigenvalue weighted by Crippen LogP contribution is -1.90. The van der Waals surface area contributed by atoms with Crippen molar-refractivity contribution in [2.24, 2.45) is 0 Å². The maximum atomic E-state index is 10.2. The fourth-order valence-electron chi connectivity index (χ4n) is 0.849. The van der Waals surface area contributed by atoms with E-state index >= 15 is 0 Å². The van der Waals surface area contributed by atoms with E-state index in [0.29, 0.717) is 16.5 Å². The largest absolute Gasteiger partial charge is 0.480 e. The molecule has 4 nitrogen and oxygen atoms in total. The molecule has 74 valence electrons. The predicted molar refractivity (Wildman–Crippen MR) is 52.5 cm³/mol. The normalized spacial score (nSPS) is 10.4. The molecule has 14 heavy (non-hydrogen) atoms. The summed E-state index contributed by atoms with van der Waals surface area (Å²) < 4.78 is 4.84. The van der Waals surface area contributed by atoms with E-state index in [0.717, 1.165) is 6.08 Å². The summed E-state index contributed by atoms with van der Waals surface area (Å²) in [6.07, 6.45) is 3.89. The van der Waals surface area contributed by atoms with Crippen LogP contribution in [0.1, 0.15) is 5.56 Å². The van der Waals surface area contributed by atoms with Gasteiger partial charge in [0, 0.05) is 12.3 Å². The van der Waals surface area contributed by atoms with E-state index in [2.05, 4.69) is 4.98 Å². The molecule has 0 aliphatic rings. The first-order valence-electron chi connectivity index (χ1n) is 3.74. The number of aliphatic carboxylic acids is 1. The third-order valence-corrected chi connectivity index (χ3v) is 1.71. The minimum Gasteiger partial charge on any atom is -0.480 e. The van der Waals surface area contributed by atoms with Crippen molar-refractivity contribution in [1.29, 1.82) is 0 Å². The van der Waals surface area contributed by atoms with Crippen LogP contribution in [0.5, 0.6) is 5.88 Å². The van der Waals surface area contributed by atoms with Crippen molar-refractivity contribution in [1.82, 2.24) is 4.98 Å². The lowest BCUT2D eigenvalue weighted by molar-refractivity contribution is -0.131. The molecular formula is C9H8ClNO3. The van der Waals surface area contributed by atoms with E-state index in [1.807, 2.05) is 0 Å². The number of methoxy groups -OCH3 is 1. The average molecular weight is 214 g/mol. The van der Waals surface area contributed by atoms with Crippen LogP contribution < -0.4 is 4.74 Å². The first-order valence-corrected chi connectivity index (χ1v) is 4.12. The minimum atomic E-state index is -1.02. The number of carbonyl (C=O) groups is 1. The van der Waals surface area contributed by atoms with E-state index in [1.54, 1.807) is 6.07 Å². The number of halogens is 1. The molecule has 0 radical (unpaired) electrons. The van der Waals surface area contributed by atoms with Crippen LogP contribution in [0.2, 0.25) is 5.02 Å². The van der Waals surface area contributed by atoms with Crippen molar-refractivity contribution in [3.05, 3.63) is 28.9 Å². The van der Waals surface area contributed by atoms with Gasteiger partial charge in [0.25, 0.3) is 0 Å². The highest BCUT2D eigenvalue weighted by molar-refractivity contribution is 6.31. The quantitative estimate of drug-likeness (QED) is 0.779. The molecule has 0 saturated carbocycles. The Bertz CT molecular complexity index is 376. The number of carboxylic acids is 1. The number of aromatic nitrogens is 1. The Morgan fingerprint density at radius 1 is 1.71 bits per heavy atom. The maximum absolute atomic E-state index is 10.2. The van der Waals surface area contributed by atoms with Gasteiger partial charge in [-0.15, -0.1) is 0 Å². The van der Waals surface area contributed by atoms with Crippen LogP contribution in [0, 0.1) is 0 Å². The number of hydrogen-bond donors (Lipinski definition) is 1. The third-order valence-electron chi connectivity index (χ3n) is 1.44. The SMILES string of the molecule is COc1ncc(C=CC(=O)O)cc1Cl. The molecule has 1 heterocycles. The van der Waals surface area contributed by atoms with Crippen molar-refractivity contribution in [2.75, 3.05) is 7.11 Å². The number of nitrogens with zero attached hydrogens (tertiary/aromatic N) is 1. The Labute approximate surface area is 85.8 Å². The highest BCUT2D eigenvalue weighted by Crippen LogP contribution is 2.22. The lowest BCUT2D eigenvalue weighted by Gasteiger charge is -2.01. The topological polar surface area (TPSA) is 59.4 Å². The fourth-order valence-corrected chi connectivity index (χ4v) is 1.10. The summed E-state index contributed by atoms with van der Waals surface area (Å²) in [5.41, 5.74) is 0.609. The second-order valence-electron chi connectivity index (χ2n) is 2.43. The molecule has 1 aromatic heterocycles. The summed E-state index contributed by atoms with van der Waals surface area (Å²) >= 11 is 5.78. The molecule has 1 rings (SSSR count). The molecular weight excluding hydrogens is 206 g/mol. The number of carboxylic acid groups (broad SMARTS) is 1. The summed E-state index contributed by atoms with van der Waals surface area (Å²) in [6, 6.07) is 1.58. The molecule has 5 heteroatoms. The molecule has 0 aromatic carbocycles.